The Hall–Kier alpha value is -0.520. The Bertz CT molecular complexity index is 483. The molecule has 1 aliphatic carbocycles. The molecule has 3 nitrogen and oxygen atoms in total. The van der Waals surface area contributed by atoms with E-state index in [1.807, 2.05) is 12.1 Å². The molecule has 110 valence electrons. The molecule has 2 N–H and O–H groups in total. The van der Waals surface area contributed by atoms with Crippen molar-refractivity contribution < 1.29 is 9.90 Å². The van der Waals surface area contributed by atoms with E-state index >= 15 is 0 Å². The fraction of sp³-hybridized carbons (Fsp3) is 0.533. The highest BCUT2D eigenvalue weighted by molar-refractivity contribution is 9.10. The number of thioether (sulfide) groups is 1. The Labute approximate surface area is 132 Å². The van der Waals surface area contributed by atoms with Gasteiger partial charge in [0.15, 0.2) is 0 Å². The molecule has 1 fully saturated rings. The molecule has 1 saturated carbocycles. The predicted molar refractivity (Wildman–Crippen MR) is 86.3 cm³/mol. The quantitative estimate of drug-likeness (QED) is 0.809. The second kappa shape index (κ2) is 6.96. The maximum absolute atomic E-state index is 11.6. The van der Waals surface area contributed by atoms with Crippen LogP contribution in [0, 0.1) is 0 Å². The summed E-state index contributed by atoms with van der Waals surface area (Å²) in [5.74, 6) is -0.705. The van der Waals surface area contributed by atoms with Gasteiger partial charge in [-0.2, -0.15) is 0 Å². The first-order valence-electron chi connectivity index (χ1n) is 6.96. The topological polar surface area (TPSA) is 49.3 Å². The third kappa shape index (κ3) is 3.77. The number of nitrogens with one attached hydrogen (secondary N) is 1. The zero-order chi connectivity index (χ0) is 14.6. The first-order valence-corrected chi connectivity index (χ1v) is 8.63. The molecule has 5 heteroatoms. The van der Waals surface area contributed by atoms with Crippen LogP contribution in [0.1, 0.15) is 32.6 Å². The molecule has 1 aromatic rings. The van der Waals surface area contributed by atoms with Gasteiger partial charge in [0, 0.05) is 14.6 Å². The second-order valence-electron chi connectivity index (χ2n) is 5.25. The SMILES string of the molecule is CCCNC1(C(=O)O)CCC(Sc2cccc(Br)c2)C1. The summed E-state index contributed by atoms with van der Waals surface area (Å²) in [4.78, 5) is 12.8. The molecule has 0 heterocycles. The zero-order valence-electron chi connectivity index (χ0n) is 11.6. The summed E-state index contributed by atoms with van der Waals surface area (Å²) >= 11 is 5.26. The van der Waals surface area contributed by atoms with E-state index in [0.717, 1.165) is 23.9 Å². The van der Waals surface area contributed by atoms with E-state index < -0.39 is 11.5 Å². The van der Waals surface area contributed by atoms with Crippen molar-refractivity contribution in [2.24, 2.45) is 0 Å². The molecule has 2 unspecified atom stereocenters. The van der Waals surface area contributed by atoms with Crippen LogP contribution >= 0.6 is 27.7 Å². The highest BCUT2D eigenvalue weighted by atomic mass is 79.9. The second-order valence-corrected chi connectivity index (χ2v) is 7.54. The van der Waals surface area contributed by atoms with Gasteiger partial charge in [0.2, 0.25) is 0 Å². The largest absolute Gasteiger partial charge is 0.480 e. The Morgan fingerprint density at radius 3 is 3.05 bits per heavy atom. The number of carboxylic acids is 1. The van der Waals surface area contributed by atoms with E-state index in [2.05, 4.69) is 40.3 Å². The van der Waals surface area contributed by atoms with Gasteiger partial charge >= 0.3 is 5.97 Å². The van der Waals surface area contributed by atoms with Gasteiger partial charge in [0.1, 0.15) is 5.54 Å². The fourth-order valence-corrected chi connectivity index (χ4v) is 4.52. The van der Waals surface area contributed by atoms with Gasteiger partial charge < -0.3 is 10.4 Å². The van der Waals surface area contributed by atoms with E-state index in [0.29, 0.717) is 18.1 Å². The molecule has 0 aliphatic heterocycles. The Balaban J connectivity index is 2.01. The van der Waals surface area contributed by atoms with Crippen LogP contribution in [0.5, 0.6) is 0 Å². The summed E-state index contributed by atoms with van der Waals surface area (Å²) in [6.07, 6.45) is 3.31. The lowest BCUT2D eigenvalue weighted by Gasteiger charge is -2.25. The van der Waals surface area contributed by atoms with Gasteiger partial charge in [-0.25, -0.2) is 0 Å². The van der Waals surface area contributed by atoms with Gasteiger partial charge in [-0.1, -0.05) is 28.9 Å². The molecular weight excluding hydrogens is 338 g/mol. The molecular formula is C15H20BrNO2S. The normalized spacial score (nSPS) is 25.8. The van der Waals surface area contributed by atoms with Gasteiger partial charge in [-0.05, 0) is 50.4 Å². The van der Waals surface area contributed by atoms with Gasteiger partial charge in [-0.3, -0.25) is 4.79 Å². The lowest BCUT2D eigenvalue weighted by molar-refractivity contribution is -0.144. The summed E-state index contributed by atoms with van der Waals surface area (Å²) in [5, 5.41) is 13.2. The predicted octanol–water partition coefficient (Wildman–Crippen LogP) is 3.92. The summed E-state index contributed by atoms with van der Waals surface area (Å²) in [5.41, 5.74) is -0.723. The highest BCUT2D eigenvalue weighted by Crippen LogP contribution is 2.40. The van der Waals surface area contributed by atoms with E-state index in [-0.39, 0.29) is 0 Å². The molecule has 2 rings (SSSR count). The molecule has 0 aromatic heterocycles. The number of halogens is 1. The molecule has 0 saturated heterocycles. The van der Waals surface area contributed by atoms with Crippen LogP contribution in [0.2, 0.25) is 0 Å². The third-order valence-electron chi connectivity index (χ3n) is 3.69. The number of rotatable bonds is 6. The highest BCUT2D eigenvalue weighted by Gasteiger charge is 2.45. The van der Waals surface area contributed by atoms with Crippen LogP contribution in [-0.2, 0) is 4.79 Å². The van der Waals surface area contributed by atoms with Crippen LogP contribution in [0.15, 0.2) is 33.6 Å². The smallest absolute Gasteiger partial charge is 0.323 e. The average Bonchev–Trinajstić information content (AvgIpc) is 2.81. The van der Waals surface area contributed by atoms with Crippen molar-refractivity contribution in [1.82, 2.24) is 5.32 Å². The monoisotopic (exact) mass is 357 g/mol. The molecule has 0 bridgehead atoms. The minimum Gasteiger partial charge on any atom is -0.480 e. The summed E-state index contributed by atoms with van der Waals surface area (Å²) < 4.78 is 1.06. The van der Waals surface area contributed by atoms with Gasteiger partial charge in [0.05, 0.1) is 0 Å². The number of benzene rings is 1. The minimum atomic E-state index is -0.723. The zero-order valence-corrected chi connectivity index (χ0v) is 14.0. The number of aliphatic carboxylic acids is 1. The number of hydrogen-bond donors (Lipinski definition) is 2. The van der Waals surface area contributed by atoms with Crippen molar-refractivity contribution >= 4 is 33.7 Å². The Kier molecular flexibility index (Phi) is 5.52. The maximum atomic E-state index is 11.6. The van der Waals surface area contributed by atoms with Crippen molar-refractivity contribution in [3.8, 4) is 0 Å². The van der Waals surface area contributed by atoms with Crippen LogP contribution in [-0.4, -0.2) is 28.4 Å². The molecule has 0 spiro atoms. The number of hydrogen-bond acceptors (Lipinski definition) is 3. The molecule has 0 amide bonds. The summed E-state index contributed by atoms with van der Waals surface area (Å²) in [6.45, 7) is 2.83. The first-order chi connectivity index (χ1) is 9.55. The first kappa shape index (κ1) is 15.9. The van der Waals surface area contributed by atoms with E-state index in [1.165, 1.54) is 4.90 Å². The number of carbonyl (C=O) groups is 1. The lowest BCUT2D eigenvalue weighted by Crippen LogP contribution is -2.50. The molecule has 0 radical (unpaired) electrons. The van der Waals surface area contributed by atoms with Crippen molar-refractivity contribution in [2.45, 2.75) is 48.3 Å². The Morgan fingerprint density at radius 2 is 2.40 bits per heavy atom. The van der Waals surface area contributed by atoms with Crippen LogP contribution in [0.4, 0.5) is 0 Å². The maximum Gasteiger partial charge on any atom is 0.323 e. The van der Waals surface area contributed by atoms with Crippen LogP contribution in [0.3, 0.4) is 0 Å². The van der Waals surface area contributed by atoms with E-state index in [1.54, 1.807) is 11.8 Å². The standard InChI is InChI=1S/C15H20BrNO2S/c1-2-8-17-15(14(18)19)7-6-13(10-15)20-12-5-3-4-11(16)9-12/h3-5,9,13,17H,2,6-8,10H2,1H3,(H,18,19). The average molecular weight is 358 g/mol. The molecule has 2 atom stereocenters. The summed E-state index contributed by atoms with van der Waals surface area (Å²) in [7, 11) is 0. The van der Waals surface area contributed by atoms with Crippen molar-refractivity contribution in [2.75, 3.05) is 6.54 Å². The third-order valence-corrected chi connectivity index (χ3v) is 5.45. The van der Waals surface area contributed by atoms with Crippen molar-refractivity contribution in [1.29, 1.82) is 0 Å². The van der Waals surface area contributed by atoms with Crippen molar-refractivity contribution in [3.63, 3.8) is 0 Å². The van der Waals surface area contributed by atoms with Gasteiger partial charge in [-0.15, -0.1) is 11.8 Å². The Morgan fingerprint density at radius 1 is 1.60 bits per heavy atom. The van der Waals surface area contributed by atoms with E-state index in [4.69, 9.17) is 0 Å². The molecule has 1 aliphatic rings. The summed E-state index contributed by atoms with van der Waals surface area (Å²) in [6, 6.07) is 8.19. The molecule has 20 heavy (non-hydrogen) atoms. The minimum absolute atomic E-state index is 0.366. The van der Waals surface area contributed by atoms with E-state index in [9.17, 15) is 9.90 Å². The molecule has 1 aromatic carbocycles. The lowest BCUT2D eigenvalue weighted by atomic mass is 9.98. The van der Waals surface area contributed by atoms with Gasteiger partial charge in [0.25, 0.3) is 0 Å². The fourth-order valence-electron chi connectivity index (χ4n) is 2.63. The number of carboxylic acid groups (broad SMARTS) is 1. The van der Waals surface area contributed by atoms with Crippen molar-refractivity contribution in [3.05, 3.63) is 28.7 Å². The van der Waals surface area contributed by atoms with Crippen LogP contribution < -0.4 is 5.32 Å². The van der Waals surface area contributed by atoms with Crippen LogP contribution in [0.25, 0.3) is 0 Å².